The molecule has 1 heterocycles. The van der Waals surface area contributed by atoms with Gasteiger partial charge in [0.1, 0.15) is 29.4 Å². The summed E-state index contributed by atoms with van der Waals surface area (Å²) in [6.45, 7) is 2.80. The molecule has 0 unspecified atom stereocenters. The Morgan fingerprint density at radius 1 is 0.850 bits per heavy atom. The lowest BCUT2D eigenvalue weighted by molar-refractivity contribution is -0.122. The van der Waals surface area contributed by atoms with Crippen LogP contribution in [0.3, 0.4) is 0 Å². The van der Waals surface area contributed by atoms with Crippen molar-refractivity contribution in [3.63, 3.8) is 0 Å². The molecule has 0 atom stereocenters. The number of carbonyl (C=O) groups is 3. The number of barbiturate groups is 1. The van der Waals surface area contributed by atoms with Crippen molar-refractivity contribution in [1.29, 1.82) is 0 Å². The van der Waals surface area contributed by atoms with Gasteiger partial charge in [-0.25, -0.2) is 9.69 Å². The maximum atomic E-state index is 13.4. The molecule has 1 aliphatic rings. The van der Waals surface area contributed by atoms with Crippen molar-refractivity contribution in [3.05, 3.63) is 102 Å². The van der Waals surface area contributed by atoms with E-state index in [0.29, 0.717) is 35.1 Å². The van der Waals surface area contributed by atoms with E-state index in [0.717, 1.165) is 27.7 Å². The molecule has 1 fully saturated rings. The first-order valence-corrected chi connectivity index (χ1v) is 12.9. The minimum absolute atomic E-state index is 0.203. The zero-order chi connectivity index (χ0) is 28.1. The highest BCUT2D eigenvalue weighted by molar-refractivity contribution is 6.39. The number of imide groups is 2. The van der Waals surface area contributed by atoms with Gasteiger partial charge in [0.2, 0.25) is 0 Å². The molecule has 4 aromatic rings. The second-order valence-corrected chi connectivity index (χ2v) is 9.13. The van der Waals surface area contributed by atoms with Gasteiger partial charge >= 0.3 is 6.03 Å². The number of nitrogens with one attached hydrogen (secondary N) is 1. The molecular formula is C32H28N2O6. The zero-order valence-electron chi connectivity index (χ0n) is 22.2. The molecular weight excluding hydrogens is 508 g/mol. The Morgan fingerprint density at radius 3 is 2.38 bits per heavy atom. The molecule has 1 saturated heterocycles. The smallest absolute Gasteiger partial charge is 0.335 e. The summed E-state index contributed by atoms with van der Waals surface area (Å²) in [5.74, 6) is 0.0585. The number of urea groups is 1. The van der Waals surface area contributed by atoms with Crippen LogP contribution in [0.2, 0.25) is 0 Å². The second kappa shape index (κ2) is 11.7. The van der Waals surface area contributed by atoms with Crippen LogP contribution in [-0.2, 0) is 16.2 Å². The predicted octanol–water partition coefficient (Wildman–Crippen LogP) is 5.88. The van der Waals surface area contributed by atoms with Crippen molar-refractivity contribution in [2.75, 3.05) is 18.6 Å². The number of anilines is 1. The number of hydrogen-bond donors (Lipinski definition) is 1. The summed E-state index contributed by atoms with van der Waals surface area (Å²) < 4.78 is 17.2. The Kier molecular flexibility index (Phi) is 7.77. The lowest BCUT2D eigenvalue weighted by Gasteiger charge is -2.26. The van der Waals surface area contributed by atoms with Crippen molar-refractivity contribution in [2.24, 2.45) is 0 Å². The van der Waals surface area contributed by atoms with Crippen LogP contribution >= 0.6 is 0 Å². The quantitative estimate of drug-likeness (QED) is 0.212. The molecule has 8 heteroatoms. The van der Waals surface area contributed by atoms with Gasteiger partial charge in [-0.05, 0) is 65.2 Å². The number of benzene rings is 4. The summed E-state index contributed by atoms with van der Waals surface area (Å²) in [5.41, 5.74) is 1.57. The summed E-state index contributed by atoms with van der Waals surface area (Å²) >= 11 is 0. The molecule has 0 radical (unpaired) electrons. The van der Waals surface area contributed by atoms with E-state index < -0.39 is 17.8 Å². The molecule has 40 heavy (non-hydrogen) atoms. The number of hydrogen-bond acceptors (Lipinski definition) is 6. The van der Waals surface area contributed by atoms with E-state index in [1.165, 1.54) is 6.08 Å². The van der Waals surface area contributed by atoms with E-state index >= 15 is 0 Å². The number of fused-ring (bicyclic) bond motifs is 1. The fourth-order valence-corrected chi connectivity index (χ4v) is 4.42. The van der Waals surface area contributed by atoms with Crippen LogP contribution in [0.1, 0.15) is 24.5 Å². The van der Waals surface area contributed by atoms with E-state index in [9.17, 15) is 14.4 Å². The minimum atomic E-state index is -0.823. The third-order valence-corrected chi connectivity index (χ3v) is 6.45. The van der Waals surface area contributed by atoms with Gasteiger partial charge in [0.25, 0.3) is 11.8 Å². The predicted molar refractivity (Wildman–Crippen MR) is 153 cm³/mol. The van der Waals surface area contributed by atoms with Gasteiger partial charge in [-0.1, -0.05) is 49.4 Å². The number of rotatable bonds is 9. The highest BCUT2D eigenvalue weighted by atomic mass is 16.5. The fourth-order valence-electron chi connectivity index (χ4n) is 4.42. The topological polar surface area (TPSA) is 94.2 Å². The molecule has 1 aliphatic heterocycles. The first-order chi connectivity index (χ1) is 19.5. The maximum Gasteiger partial charge on any atom is 0.335 e. The van der Waals surface area contributed by atoms with Crippen LogP contribution in [0, 0.1) is 0 Å². The van der Waals surface area contributed by atoms with E-state index in [4.69, 9.17) is 14.2 Å². The SMILES string of the molecule is CCCOc1ccc(N2C(=O)NC(=O)/C(=C/c3ccc(OC)cc3OCc3cccc4ccccc34)C2=O)cc1. The molecule has 4 amide bonds. The van der Waals surface area contributed by atoms with Gasteiger partial charge in [-0.3, -0.25) is 14.9 Å². The average molecular weight is 537 g/mol. The Hall–Kier alpha value is -5.11. The summed E-state index contributed by atoms with van der Waals surface area (Å²) in [7, 11) is 1.54. The van der Waals surface area contributed by atoms with Gasteiger partial charge < -0.3 is 14.2 Å². The molecule has 0 spiro atoms. The van der Waals surface area contributed by atoms with Crippen molar-refractivity contribution < 1.29 is 28.6 Å². The van der Waals surface area contributed by atoms with E-state index in [1.54, 1.807) is 49.6 Å². The molecule has 0 aromatic heterocycles. The van der Waals surface area contributed by atoms with Gasteiger partial charge in [0.15, 0.2) is 0 Å². The van der Waals surface area contributed by atoms with E-state index in [1.807, 2.05) is 49.4 Å². The van der Waals surface area contributed by atoms with Gasteiger partial charge in [0.05, 0.1) is 19.4 Å². The van der Waals surface area contributed by atoms with Gasteiger partial charge in [-0.15, -0.1) is 0 Å². The highest BCUT2D eigenvalue weighted by Gasteiger charge is 2.37. The highest BCUT2D eigenvalue weighted by Crippen LogP contribution is 2.31. The first kappa shape index (κ1) is 26.5. The summed E-state index contributed by atoms with van der Waals surface area (Å²) in [6.07, 6.45) is 2.28. The lowest BCUT2D eigenvalue weighted by Crippen LogP contribution is -2.54. The third-order valence-electron chi connectivity index (χ3n) is 6.45. The standard InChI is InChI=1S/C32H28N2O6/c1-3-17-39-25-15-12-24(13-16-25)34-31(36)28(30(35)33-32(34)37)18-22-11-14-26(38-2)19-29(22)40-20-23-9-6-8-21-7-4-5-10-27(21)23/h4-16,18-19H,3,17,20H2,1-2H3,(H,33,35,37)/b28-18-. The number of methoxy groups -OCH3 is 1. The Bertz CT molecular complexity index is 1600. The fraction of sp³-hybridized carbons (Fsp3) is 0.156. The van der Waals surface area contributed by atoms with Crippen molar-refractivity contribution in [1.82, 2.24) is 5.32 Å². The number of carbonyl (C=O) groups excluding carboxylic acids is 3. The van der Waals surface area contributed by atoms with Crippen LogP contribution in [0.5, 0.6) is 17.2 Å². The largest absolute Gasteiger partial charge is 0.497 e. The first-order valence-electron chi connectivity index (χ1n) is 12.9. The molecule has 8 nitrogen and oxygen atoms in total. The molecule has 0 aliphatic carbocycles. The van der Waals surface area contributed by atoms with Crippen molar-refractivity contribution in [3.8, 4) is 17.2 Å². The number of ether oxygens (including phenoxy) is 3. The van der Waals surface area contributed by atoms with E-state index in [2.05, 4.69) is 5.32 Å². The Morgan fingerprint density at radius 2 is 1.60 bits per heavy atom. The maximum absolute atomic E-state index is 13.4. The Labute approximate surface area is 231 Å². The third kappa shape index (κ3) is 5.51. The molecule has 1 N–H and O–H groups in total. The minimum Gasteiger partial charge on any atom is -0.497 e. The van der Waals surface area contributed by atoms with Crippen LogP contribution in [0.15, 0.2) is 90.5 Å². The van der Waals surface area contributed by atoms with Gasteiger partial charge in [0, 0.05) is 11.6 Å². The van der Waals surface area contributed by atoms with Crippen LogP contribution in [-0.4, -0.2) is 31.6 Å². The van der Waals surface area contributed by atoms with Crippen LogP contribution in [0.4, 0.5) is 10.5 Å². The van der Waals surface area contributed by atoms with E-state index in [-0.39, 0.29) is 12.2 Å². The molecule has 0 bridgehead atoms. The molecule has 0 saturated carbocycles. The molecule has 5 rings (SSSR count). The van der Waals surface area contributed by atoms with Gasteiger partial charge in [-0.2, -0.15) is 0 Å². The normalized spacial score (nSPS) is 14.4. The second-order valence-electron chi connectivity index (χ2n) is 9.13. The molecule has 202 valence electrons. The summed E-state index contributed by atoms with van der Waals surface area (Å²) in [6, 6.07) is 24.8. The summed E-state index contributed by atoms with van der Waals surface area (Å²) in [4.78, 5) is 39.8. The zero-order valence-corrected chi connectivity index (χ0v) is 22.2. The summed E-state index contributed by atoms with van der Waals surface area (Å²) in [5, 5.41) is 4.42. The van der Waals surface area contributed by atoms with Crippen molar-refractivity contribution >= 4 is 40.4 Å². The average Bonchev–Trinajstić information content (AvgIpc) is 2.98. The molecule has 4 aromatic carbocycles. The monoisotopic (exact) mass is 536 g/mol. The van der Waals surface area contributed by atoms with Crippen molar-refractivity contribution in [2.45, 2.75) is 20.0 Å². The number of amides is 4. The Balaban J connectivity index is 1.45. The number of nitrogens with zero attached hydrogens (tertiary/aromatic N) is 1. The van der Waals surface area contributed by atoms with Crippen LogP contribution in [0.25, 0.3) is 16.8 Å². The lowest BCUT2D eigenvalue weighted by atomic mass is 10.0. The van der Waals surface area contributed by atoms with Crippen LogP contribution < -0.4 is 24.4 Å².